The highest BCUT2D eigenvalue weighted by Crippen LogP contribution is 2.13. The lowest BCUT2D eigenvalue weighted by Gasteiger charge is -2.11. The van der Waals surface area contributed by atoms with E-state index < -0.39 is 10.8 Å². The van der Waals surface area contributed by atoms with Gasteiger partial charge in [0.2, 0.25) is 0 Å². The van der Waals surface area contributed by atoms with Crippen LogP contribution < -0.4 is 15.4 Å². The number of aryl methyl sites for hydroxylation is 1. The minimum atomic E-state index is -0.878. The first-order valence-corrected chi connectivity index (χ1v) is 11.7. The second-order valence-corrected chi connectivity index (χ2v) is 8.34. The summed E-state index contributed by atoms with van der Waals surface area (Å²) >= 11 is 0. The van der Waals surface area contributed by atoms with Crippen molar-refractivity contribution in [2.75, 3.05) is 32.5 Å². The van der Waals surface area contributed by atoms with Crippen LogP contribution in [0.3, 0.4) is 0 Å². The Morgan fingerprint density at radius 1 is 1.00 bits per heavy atom. The van der Waals surface area contributed by atoms with Gasteiger partial charge in [0.25, 0.3) is 0 Å². The molecule has 0 radical (unpaired) electrons. The summed E-state index contributed by atoms with van der Waals surface area (Å²) < 4.78 is 17.4. The van der Waals surface area contributed by atoms with E-state index >= 15 is 0 Å². The van der Waals surface area contributed by atoms with Crippen LogP contribution in [-0.2, 0) is 23.0 Å². The zero-order valence-corrected chi connectivity index (χ0v) is 21.1. The average molecular weight is 544 g/mol. The number of methoxy groups -OCH3 is 1. The SMILES string of the molecule is CCNC(=NCCCCc1ccc(OC)cc1)NCCS(=O)Cc1ccccc1.I. The largest absolute Gasteiger partial charge is 0.497 e. The van der Waals surface area contributed by atoms with Crippen molar-refractivity contribution in [1.29, 1.82) is 0 Å². The van der Waals surface area contributed by atoms with Crippen molar-refractivity contribution in [2.24, 2.45) is 4.99 Å². The monoisotopic (exact) mass is 543 g/mol. The summed E-state index contributed by atoms with van der Waals surface area (Å²) in [5.74, 6) is 2.90. The Balaban J connectivity index is 0.00000450. The maximum atomic E-state index is 12.2. The number of unbranched alkanes of at least 4 members (excludes halogenated alkanes) is 1. The Bertz CT molecular complexity index is 755. The third kappa shape index (κ3) is 11.0. The molecule has 0 saturated heterocycles. The highest BCUT2D eigenvalue weighted by molar-refractivity contribution is 14.0. The van der Waals surface area contributed by atoms with Gasteiger partial charge in [0.05, 0.1) is 7.11 Å². The van der Waals surface area contributed by atoms with Crippen molar-refractivity contribution in [3.63, 3.8) is 0 Å². The van der Waals surface area contributed by atoms with Crippen LogP contribution >= 0.6 is 24.0 Å². The fourth-order valence-corrected chi connectivity index (χ4v) is 3.92. The van der Waals surface area contributed by atoms with Gasteiger partial charge < -0.3 is 15.4 Å². The van der Waals surface area contributed by atoms with Gasteiger partial charge in [-0.2, -0.15) is 0 Å². The molecule has 2 N–H and O–H groups in total. The number of halogens is 1. The van der Waals surface area contributed by atoms with E-state index in [4.69, 9.17) is 4.74 Å². The normalized spacial score (nSPS) is 12.0. The maximum Gasteiger partial charge on any atom is 0.191 e. The van der Waals surface area contributed by atoms with Gasteiger partial charge >= 0.3 is 0 Å². The summed E-state index contributed by atoms with van der Waals surface area (Å²) in [6.45, 7) is 4.29. The Labute approximate surface area is 200 Å². The Hall–Kier alpha value is -1.61. The van der Waals surface area contributed by atoms with Crippen LogP contribution in [0.2, 0.25) is 0 Å². The lowest BCUT2D eigenvalue weighted by atomic mass is 10.1. The Morgan fingerprint density at radius 2 is 1.73 bits per heavy atom. The summed E-state index contributed by atoms with van der Waals surface area (Å²) in [5, 5.41) is 6.54. The molecule has 0 bridgehead atoms. The number of aliphatic imine (C=N–C) groups is 1. The molecule has 0 spiro atoms. The number of benzene rings is 2. The summed E-state index contributed by atoms with van der Waals surface area (Å²) in [6.07, 6.45) is 3.17. The summed E-state index contributed by atoms with van der Waals surface area (Å²) in [7, 11) is 0.806. The number of guanidine groups is 1. The molecule has 5 nitrogen and oxygen atoms in total. The van der Waals surface area contributed by atoms with Gasteiger partial charge in [0, 0.05) is 41.9 Å². The van der Waals surface area contributed by atoms with Crippen LogP contribution in [0, 0.1) is 0 Å². The van der Waals surface area contributed by atoms with E-state index in [2.05, 4.69) is 34.7 Å². The van der Waals surface area contributed by atoms with Crippen molar-refractivity contribution >= 4 is 40.7 Å². The molecule has 1 atom stereocenters. The van der Waals surface area contributed by atoms with Crippen LogP contribution in [0.15, 0.2) is 59.6 Å². The Kier molecular flexibility index (Phi) is 14.2. The molecule has 0 fully saturated rings. The minimum absolute atomic E-state index is 0. The van der Waals surface area contributed by atoms with Crippen LogP contribution in [0.25, 0.3) is 0 Å². The smallest absolute Gasteiger partial charge is 0.191 e. The zero-order chi connectivity index (χ0) is 20.7. The number of nitrogens with one attached hydrogen (secondary N) is 2. The van der Waals surface area contributed by atoms with E-state index in [1.165, 1.54) is 5.56 Å². The molecule has 166 valence electrons. The minimum Gasteiger partial charge on any atom is -0.497 e. The van der Waals surface area contributed by atoms with Gasteiger partial charge in [-0.1, -0.05) is 42.5 Å². The van der Waals surface area contributed by atoms with Gasteiger partial charge in [0.15, 0.2) is 5.96 Å². The number of ether oxygens (including phenoxy) is 1. The van der Waals surface area contributed by atoms with E-state index in [9.17, 15) is 4.21 Å². The molecule has 0 heterocycles. The molecular formula is C23H34IN3O2S. The predicted molar refractivity (Wildman–Crippen MR) is 138 cm³/mol. The Morgan fingerprint density at radius 3 is 2.40 bits per heavy atom. The van der Waals surface area contributed by atoms with Crippen molar-refractivity contribution in [3.8, 4) is 5.75 Å². The number of hydrogen-bond donors (Lipinski definition) is 2. The highest BCUT2D eigenvalue weighted by atomic mass is 127. The molecule has 1 unspecified atom stereocenters. The zero-order valence-electron chi connectivity index (χ0n) is 17.9. The third-order valence-electron chi connectivity index (χ3n) is 4.44. The predicted octanol–water partition coefficient (Wildman–Crippen LogP) is 4.14. The van der Waals surface area contributed by atoms with E-state index in [0.717, 1.165) is 49.6 Å². The van der Waals surface area contributed by atoms with Crippen LogP contribution in [-0.4, -0.2) is 42.7 Å². The molecule has 7 heteroatoms. The van der Waals surface area contributed by atoms with E-state index in [-0.39, 0.29) is 24.0 Å². The topological polar surface area (TPSA) is 62.7 Å². The third-order valence-corrected chi connectivity index (χ3v) is 5.75. The van der Waals surface area contributed by atoms with Crippen molar-refractivity contribution in [1.82, 2.24) is 10.6 Å². The molecule has 2 aromatic rings. The first-order chi connectivity index (χ1) is 14.2. The summed E-state index contributed by atoms with van der Waals surface area (Å²) in [6, 6.07) is 18.2. The van der Waals surface area contributed by atoms with Gasteiger partial charge in [-0.05, 0) is 49.4 Å². The first kappa shape index (κ1) is 26.4. The van der Waals surface area contributed by atoms with Gasteiger partial charge in [0.1, 0.15) is 5.75 Å². The van der Waals surface area contributed by atoms with Crippen LogP contribution in [0.1, 0.15) is 30.9 Å². The van der Waals surface area contributed by atoms with Crippen molar-refractivity contribution in [2.45, 2.75) is 31.9 Å². The van der Waals surface area contributed by atoms with Crippen molar-refractivity contribution in [3.05, 3.63) is 65.7 Å². The first-order valence-electron chi connectivity index (χ1n) is 10.2. The van der Waals surface area contributed by atoms with Gasteiger partial charge in [-0.15, -0.1) is 24.0 Å². The quantitative estimate of drug-likeness (QED) is 0.183. The molecule has 0 amide bonds. The molecule has 0 saturated carbocycles. The van der Waals surface area contributed by atoms with Crippen LogP contribution in [0.5, 0.6) is 5.75 Å². The lowest BCUT2D eigenvalue weighted by Crippen LogP contribution is -2.39. The number of hydrogen-bond acceptors (Lipinski definition) is 3. The van der Waals surface area contributed by atoms with E-state index in [0.29, 0.717) is 18.1 Å². The molecule has 0 aliphatic carbocycles. The van der Waals surface area contributed by atoms with Gasteiger partial charge in [-0.25, -0.2) is 0 Å². The fourth-order valence-electron chi connectivity index (χ4n) is 2.88. The molecule has 2 rings (SSSR count). The standard InChI is InChI=1S/C23H33N3O2S.HI/c1-3-24-23(26-17-18-29(27)19-21-10-5-4-6-11-21)25-16-8-7-9-20-12-14-22(28-2)15-13-20;/h4-6,10-15H,3,7-9,16-19H2,1-2H3,(H2,24,25,26);1H. The van der Waals surface area contributed by atoms with E-state index in [1.807, 2.05) is 42.5 Å². The molecular weight excluding hydrogens is 509 g/mol. The van der Waals surface area contributed by atoms with Crippen LogP contribution in [0.4, 0.5) is 0 Å². The maximum absolute atomic E-state index is 12.2. The van der Waals surface area contributed by atoms with E-state index in [1.54, 1.807) is 7.11 Å². The van der Waals surface area contributed by atoms with Crippen molar-refractivity contribution < 1.29 is 8.95 Å². The average Bonchev–Trinajstić information content (AvgIpc) is 2.74. The summed E-state index contributed by atoms with van der Waals surface area (Å²) in [4.78, 5) is 4.63. The summed E-state index contributed by atoms with van der Waals surface area (Å²) in [5.41, 5.74) is 2.43. The second-order valence-electron chi connectivity index (χ2n) is 6.77. The number of rotatable bonds is 12. The second kappa shape index (κ2) is 16.1. The molecule has 0 aliphatic heterocycles. The fraction of sp³-hybridized carbons (Fsp3) is 0.435. The lowest BCUT2D eigenvalue weighted by molar-refractivity contribution is 0.414. The molecule has 0 aromatic heterocycles. The molecule has 0 aliphatic rings. The highest BCUT2D eigenvalue weighted by Gasteiger charge is 2.03. The molecule has 2 aromatic carbocycles. The molecule has 30 heavy (non-hydrogen) atoms. The van der Waals surface area contributed by atoms with Gasteiger partial charge in [-0.3, -0.25) is 9.20 Å². The number of nitrogens with zero attached hydrogens (tertiary/aromatic N) is 1.